The number of nitrogens with zero attached hydrogens (tertiary/aromatic N) is 3. The van der Waals surface area contributed by atoms with E-state index in [0.717, 1.165) is 77.4 Å². The van der Waals surface area contributed by atoms with Crippen LogP contribution in [0.3, 0.4) is 0 Å². The van der Waals surface area contributed by atoms with Crippen molar-refractivity contribution in [2.24, 2.45) is 4.99 Å². The normalized spacial score (nSPS) is 17.9. The maximum absolute atomic E-state index is 13.5. The molecule has 0 amide bonds. The van der Waals surface area contributed by atoms with E-state index in [1.807, 2.05) is 24.3 Å². The lowest BCUT2D eigenvalue weighted by Gasteiger charge is -2.35. The van der Waals surface area contributed by atoms with Crippen molar-refractivity contribution in [1.29, 1.82) is 0 Å². The van der Waals surface area contributed by atoms with Crippen molar-refractivity contribution < 1.29 is 4.39 Å². The Labute approximate surface area is 186 Å². The van der Waals surface area contributed by atoms with E-state index >= 15 is 0 Å². The SMILES string of the molecule is CCc1nc2c(s1)Nc1ccccc1N=C2N1CCNC(CCc2cccc(F)c2)C1. The number of aliphatic imine (C=N–C) groups is 1. The van der Waals surface area contributed by atoms with Crippen molar-refractivity contribution in [2.75, 3.05) is 25.0 Å². The van der Waals surface area contributed by atoms with Gasteiger partial charge in [-0.1, -0.05) is 31.2 Å². The summed E-state index contributed by atoms with van der Waals surface area (Å²) in [4.78, 5) is 12.3. The molecule has 2 aromatic carbocycles. The number of aryl methyl sites for hydroxylation is 2. The highest BCUT2D eigenvalue weighted by molar-refractivity contribution is 7.16. The first kappa shape index (κ1) is 20.2. The number of hydrogen-bond donors (Lipinski definition) is 2. The molecular weight excluding hydrogens is 409 g/mol. The standard InChI is InChI=1S/C24H26FN5S/c1-2-21-29-22-23(27-19-8-3-4-9-20(19)28-24(22)31-21)30-13-12-26-18(15-30)11-10-16-6-5-7-17(25)14-16/h3-9,14,18,26,28H,2,10-13,15H2,1H3. The van der Waals surface area contributed by atoms with Crippen molar-refractivity contribution >= 4 is 33.5 Å². The van der Waals surface area contributed by atoms with Gasteiger partial charge < -0.3 is 15.5 Å². The first-order chi connectivity index (χ1) is 15.2. The quantitative estimate of drug-likeness (QED) is 0.613. The van der Waals surface area contributed by atoms with Gasteiger partial charge >= 0.3 is 0 Å². The number of thiazole rings is 1. The third kappa shape index (κ3) is 4.34. The second-order valence-corrected chi connectivity index (χ2v) is 9.07. The zero-order chi connectivity index (χ0) is 21.2. The summed E-state index contributed by atoms with van der Waals surface area (Å²) in [5.41, 5.74) is 3.94. The maximum atomic E-state index is 13.5. The number of piperazine rings is 1. The summed E-state index contributed by atoms with van der Waals surface area (Å²) < 4.78 is 13.5. The molecule has 2 aliphatic rings. The molecule has 1 saturated heterocycles. The van der Waals surface area contributed by atoms with Crippen molar-refractivity contribution in [2.45, 2.75) is 32.2 Å². The van der Waals surface area contributed by atoms with Gasteiger partial charge in [-0.2, -0.15) is 0 Å². The molecule has 5 nitrogen and oxygen atoms in total. The fourth-order valence-corrected chi connectivity index (χ4v) is 5.09. The molecule has 0 spiro atoms. The molecule has 0 bridgehead atoms. The van der Waals surface area contributed by atoms with Gasteiger partial charge in [-0.25, -0.2) is 14.4 Å². The van der Waals surface area contributed by atoms with Gasteiger partial charge in [-0.15, -0.1) is 11.3 Å². The van der Waals surface area contributed by atoms with E-state index in [1.54, 1.807) is 23.5 Å². The van der Waals surface area contributed by atoms with Crippen LogP contribution >= 0.6 is 11.3 Å². The number of aromatic nitrogens is 1. The second-order valence-electron chi connectivity index (χ2n) is 7.98. The largest absolute Gasteiger partial charge is 0.352 e. The van der Waals surface area contributed by atoms with Crippen LogP contribution in [-0.4, -0.2) is 41.4 Å². The van der Waals surface area contributed by atoms with E-state index in [2.05, 4.69) is 28.5 Å². The van der Waals surface area contributed by atoms with Crippen LogP contribution in [0.25, 0.3) is 0 Å². The lowest BCUT2D eigenvalue weighted by molar-refractivity contribution is 0.282. The van der Waals surface area contributed by atoms with E-state index in [0.29, 0.717) is 6.04 Å². The summed E-state index contributed by atoms with van der Waals surface area (Å²) in [5.74, 6) is 0.776. The Hall–Kier alpha value is -2.77. The lowest BCUT2D eigenvalue weighted by atomic mass is 10.0. The van der Waals surface area contributed by atoms with Crippen LogP contribution in [0.1, 0.15) is 29.6 Å². The number of rotatable bonds is 4. The molecule has 3 aromatic rings. The first-order valence-corrected chi connectivity index (χ1v) is 11.7. The summed E-state index contributed by atoms with van der Waals surface area (Å²) in [6, 6.07) is 15.4. The molecule has 0 aliphatic carbocycles. The zero-order valence-electron chi connectivity index (χ0n) is 17.6. The highest BCUT2D eigenvalue weighted by Gasteiger charge is 2.28. The third-order valence-electron chi connectivity index (χ3n) is 5.79. The van der Waals surface area contributed by atoms with Crippen molar-refractivity contribution in [3.05, 3.63) is 70.6 Å². The fraction of sp³-hybridized carbons (Fsp3) is 0.333. The van der Waals surface area contributed by atoms with Crippen LogP contribution in [0.5, 0.6) is 0 Å². The predicted octanol–water partition coefficient (Wildman–Crippen LogP) is 4.89. The van der Waals surface area contributed by atoms with Gasteiger partial charge in [-0.05, 0) is 49.1 Å². The van der Waals surface area contributed by atoms with Gasteiger partial charge in [0.1, 0.15) is 16.5 Å². The highest BCUT2D eigenvalue weighted by atomic mass is 32.1. The number of nitrogens with one attached hydrogen (secondary N) is 2. The summed E-state index contributed by atoms with van der Waals surface area (Å²) >= 11 is 1.71. The molecule has 1 fully saturated rings. The number of benzene rings is 2. The Morgan fingerprint density at radius 3 is 2.97 bits per heavy atom. The highest BCUT2D eigenvalue weighted by Crippen LogP contribution is 2.38. The first-order valence-electron chi connectivity index (χ1n) is 10.9. The summed E-state index contributed by atoms with van der Waals surface area (Å²) in [6.45, 7) is 4.77. The van der Waals surface area contributed by atoms with Crippen molar-refractivity contribution in [3.63, 3.8) is 0 Å². The summed E-state index contributed by atoms with van der Waals surface area (Å²) in [6.07, 6.45) is 2.71. The van der Waals surface area contributed by atoms with Crippen molar-refractivity contribution in [3.8, 4) is 0 Å². The number of fused-ring (bicyclic) bond motifs is 2. The minimum Gasteiger partial charge on any atom is -0.352 e. The molecule has 0 radical (unpaired) electrons. The Bertz CT molecular complexity index is 1110. The van der Waals surface area contributed by atoms with Crippen molar-refractivity contribution in [1.82, 2.24) is 15.2 Å². The van der Waals surface area contributed by atoms with E-state index in [4.69, 9.17) is 9.98 Å². The second kappa shape index (κ2) is 8.77. The number of para-hydroxylation sites is 2. The summed E-state index contributed by atoms with van der Waals surface area (Å²) in [5, 5.41) is 9.36. The van der Waals surface area contributed by atoms with Crippen LogP contribution in [-0.2, 0) is 12.8 Å². The van der Waals surface area contributed by atoms with E-state index in [1.165, 1.54) is 6.07 Å². The number of anilines is 2. The van der Waals surface area contributed by atoms with Crippen LogP contribution in [0, 0.1) is 5.82 Å². The van der Waals surface area contributed by atoms with Crippen LogP contribution < -0.4 is 10.6 Å². The van der Waals surface area contributed by atoms with Gasteiger partial charge in [0.15, 0.2) is 5.84 Å². The third-order valence-corrected chi connectivity index (χ3v) is 6.90. The van der Waals surface area contributed by atoms with E-state index in [-0.39, 0.29) is 5.82 Å². The molecule has 1 aromatic heterocycles. The molecule has 0 saturated carbocycles. The monoisotopic (exact) mass is 435 g/mol. The fourth-order valence-electron chi connectivity index (χ4n) is 4.18. The maximum Gasteiger partial charge on any atom is 0.158 e. The van der Waals surface area contributed by atoms with Gasteiger partial charge in [0.25, 0.3) is 0 Å². The van der Waals surface area contributed by atoms with Crippen LogP contribution in [0.2, 0.25) is 0 Å². The van der Waals surface area contributed by atoms with E-state index < -0.39 is 0 Å². The zero-order valence-corrected chi connectivity index (χ0v) is 18.4. The molecule has 3 heterocycles. The Balaban J connectivity index is 1.40. The van der Waals surface area contributed by atoms with E-state index in [9.17, 15) is 4.39 Å². The topological polar surface area (TPSA) is 52.6 Å². The Morgan fingerprint density at radius 1 is 1.19 bits per heavy atom. The molecule has 2 aliphatic heterocycles. The summed E-state index contributed by atoms with van der Waals surface area (Å²) in [7, 11) is 0. The molecule has 2 N–H and O–H groups in total. The Morgan fingerprint density at radius 2 is 2.10 bits per heavy atom. The number of amidine groups is 1. The minimum atomic E-state index is -0.169. The number of hydrogen-bond acceptors (Lipinski definition) is 6. The van der Waals surface area contributed by atoms with Crippen LogP contribution in [0.15, 0.2) is 53.5 Å². The van der Waals surface area contributed by atoms with Gasteiger partial charge in [-0.3, -0.25) is 0 Å². The van der Waals surface area contributed by atoms with Gasteiger partial charge in [0, 0.05) is 25.7 Å². The number of halogens is 1. The smallest absolute Gasteiger partial charge is 0.158 e. The molecule has 5 rings (SSSR count). The Kier molecular flexibility index (Phi) is 5.70. The van der Waals surface area contributed by atoms with Crippen LogP contribution in [0.4, 0.5) is 20.8 Å². The molecule has 1 atom stereocenters. The average Bonchev–Trinajstić information content (AvgIpc) is 3.13. The molecule has 7 heteroatoms. The lowest BCUT2D eigenvalue weighted by Crippen LogP contribution is -2.53. The molecule has 31 heavy (non-hydrogen) atoms. The molecule has 160 valence electrons. The minimum absolute atomic E-state index is 0.169. The van der Waals surface area contributed by atoms with Gasteiger partial charge in [0.05, 0.1) is 16.4 Å². The average molecular weight is 436 g/mol. The molecule has 1 unspecified atom stereocenters. The molecular formula is C24H26FN5S. The predicted molar refractivity (Wildman–Crippen MR) is 125 cm³/mol. The van der Waals surface area contributed by atoms with Gasteiger partial charge in [0.2, 0.25) is 0 Å².